The number of likely N-dealkylation sites (tertiary alicyclic amines) is 2. The number of nitrogens with zero attached hydrogens (tertiary/aromatic N) is 3. The van der Waals surface area contributed by atoms with Gasteiger partial charge in [-0.25, -0.2) is 9.59 Å². The van der Waals surface area contributed by atoms with Gasteiger partial charge in [0.25, 0.3) is 5.69 Å². The van der Waals surface area contributed by atoms with Gasteiger partial charge < -0.3 is 34.5 Å². The molecule has 2 heterocycles. The Hall–Kier alpha value is -4.22. The topological polar surface area (TPSA) is 147 Å². The average molecular weight is 643 g/mol. The van der Waals surface area contributed by atoms with Crippen molar-refractivity contribution >= 4 is 23.6 Å². The molecule has 0 atom stereocenters. The van der Waals surface area contributed by atoms with Crippen LogP contribution < -0.4 is 15.2 Å². The monoisotopic (exact) mass is 642 g/mol. The molecule has 0 spiro atoms. The first kappa shape index (κ1) is 36.3. The Morgan fingerprint density at radius 3 is 1.48 bits per heavy atom. The van der Waals surface area contributed by atoms with Gasteiger partial charge in [-0.05, 0) is 90.8 Å². The van der Waals surface area contributed by atoms with Crippen LogP contribution in [0.4, 0.5) is 21.0 Å². The minimum Gasteiger partial charge on any atom is -0.490 e. The molecule has 254 valence electrons. The van der Waals surface area contributed by atoms with Crippen LogP contribution >= 0.6 is 0 Å². The predicted octanol–water partition coefficient (Wildman–Crippen LogP) is 7.04. The summed E-state index contributed by atoms with van der Waals surface area (Å²) in [7, 11) is 0. The third-order valence-corrected chi connectivity index (χ3v) is 7.34. The molecule has 12 nitrogen and oxygen atoms in total. The summed E-state index contributed by atoms with van der Waals surface area (Å²) in [6, 6.07) is 10.2. The van der Waals surface area contributed by atoms with E-state index in [1.165, 1.54) is 12.1 Å². The summed E-state index contributed by atoms with van der Waals surface area (Å²) >= 11 is 0. The van der Waals surface area contributed by atoms with Gasteiger partial charge in [0.05, 0.1) is 4.92 Å². The van der Waals surface area contributed by atoms with Crippen LogP contribution in [0.1, 0.15) is 78.4 Å². The number of piperidine rings is 2. The van der Waals surface area contributed by atoms with E-state index in [1.807, 2.05) is 66.7 Å². The molecule has 12 heteroatoms. The Balaban J connectivity index is 0.000000251. The van der Waals surface area contributed by atoms with Gasteiger partial charge in [-0.3, -0.25) is 10.1 Å². The van der Waals surface area contributed by atoms with Crippen LogP contribution in [0.3, 0.4) is 0 Å². The molecule has 0 aliphatic carbocycles. The molecular weight excluding hydrogens is 592 g/mol. The minimum absolute atomic E-state index is 0.0103. The molecule has 0 aromatic heterocycles. The van der Waals surface area contributed by atoms with Crippen LogP contribution in [0.25, 0.3) is 0 Å². The summed E-state index contributed by atoms with van der Waals surface area (Å²) in [4.78, 5) is 37.8. The lowest BCUT2D eigenvalue weighted by atomic mass is 10.1. The number of amides is 2. The van der Waals surface area contributed by atoms with Gasteiger partial charge in [-0.1, -0.05) is 0 Å². The number of benzene rings is 2. The molecule has 0 unspecified atom stereocenters. The van der Waals surface area contributed by atoms with Crippen molar-refractivity contribution in [3.05, 3.63) is 57.6 Å². The van der Waals surface area contributed by atoms with Crippen molar-refractivity contribution < 1.29 is 33.5 Å². The first-order valence-corrected chi connectivity index (χ1v) is 15.8. The number of carbonyl (C=O) groups excluding carboxylic acids is 2. The third kappa shape index (κ3) is 11.6. The van der Waals surface area contributed by atoms with Crippen LogP contribution in [0.5, 0.6) is 11.5 Å². The molecule has 2 aromatic carbocycles. The second-order valence-corrected chi connectivity index (χ2v) is 13.8. The number of anilines is 1. The molecule has 2 fully saturated rings. The largest absolute Gasteiger partial charge is 0.490 e. The number of aryl methyl sites for hydroxylation is 2. The van der Waals surface area contributed by atoms with Crippen LogP contribution in [0.15, 0.2) is 36.4 Å². The van der Waals surface area contributed by atoms with Crippen molar-refractivity contribution in [2.24, 2.45) is 0 Å². The zero-order valence-electron chi connectivity index (χ0n) is 28.5. The lowest BCUT2D eigenvalue weighted by Crippen LogP contribution is -2.44. The molecule has 46 heavy (non-hydrogen) atoms. The second kappa shape index (κ2) is 15.4. The van der Waals surface area contributed by atoms with Gasteiger partial charge in [0.1, 0.15) is 34.9 Å². The number of hydrogen-bond donors (Lipinski definition) is 1. The minimum atomic E-state index is -0.500. The fraction of sp³-hybridized carbons (Fsp3) is 0.588. The van der Waals surface area contributed by atoms with E-state index in [0.717, 1.165) is 35.4 Å². The van der Waals surface area contributed by atoms with Crippen molar-refractivity contribution in [2.75, 3.05) is 31.9 Å². The Kier molecular flexibility index (Phi) is 12.1. The summed E-state index contributed by atoms with van der Waals surface area (Å²) in [5, 5.41) is 10.8. The highest BCUT2D eigenvalue weighted by Gasteiger charge is 2.29. The van der Waals surface area contributed by atoms with Gasteiger partial charge in [0.15, 0.2) is 0 Å². The van der Waals surface area contributed by atoms with E-state index in [1.54, 1.807) is 22.8 Å². The molecule has 2 aliphatic rings. The Morgan fingerprint density at radius 1 is 0.739 bits per heavy atom. The van der Waals surface area contributed by atoms with Crippen molar-refractivity contribution in [1.29, 1.82) is 0 Å². The van der Waals surface area contributed by atoms with Crippen LogP contribution in [-0.4, -0.2) is 76.5 Å². The van der Waals surface area contributed by atoms with Crippen molar-refractivity contribution in [2.45, 2.75) is 104 Å². The maximum absolute atomic E-state index is 12.0. The van der Waals surface area contributed by atoms with E-state index in [2.05, 4.69) is 0 Å². The number of nitro groups is 1. The number of non-ortho nitro benzene ring substituents is 1. The number of nitrogen functional groups attached to an aromatic ring is 1. The average Bonchev–Trinajstić information content (AvgIpc) is 2.95. The maximum Gasteiger partial charge on any atom is 0.410 e. The van der Waals surface area contributed by atoms with Crippen LogP contribution in [-0.2, 0) is 9.47 Å². The zero-order chi connectivity index (χ0) is 34.2. The number of rotatable bonds is 5. The van der Waals surface area contributed by atoms with Crippen molar-refractivity contribution in [3.63, 3.8) is 0 Å². The van der Waals surface area contributed by atoms with Gasteiger partial charge in [0.2, 0.25) is 0 Å². The van der Waals surface area contributed by atoms with E-state index >= 15 is 0 Å². The fourth-order valence-corrected chi connectivity index (χ4v) is 5.01. The molecule has 2 aliphatic heterocycles. The number of nitrogens with two attached hydrogens (primary N) is 1. The van der Waals surface area contributed by atoms with Crippen LogP contribution in [0, 0.1) is 24.0 Å². The quantitative estimate of drug-likeness (QED) is 0.206. The highest BCUT2D eigenvalue weighted by Crippen LogP contribution is 2.27. The summed E-state index contributed by atoms with van der Waals surface area (Å²) in [5.74, 6) is 1.52. The first-order chi connectivity index (χ1) is 21.4. The van der Waals surface area contributed by atoms with E-state index in [0.29, 0.717) is 44.8 Å². The molecule has 4 rings (SSSR count). The zero-order valence-corrected chi connectivity index (χ0v) is 28.5. The molecule has 2 N–H and O–H groups in total. The molecule has 2 saturated heterocycles. The summed E-state index contributed by atoms with van der Waals surface area (Å²) < 4.78 is 22.7. The smallest absolute Gasteiger partial charge is 0.410 e. The highest BCUT2D eigenvalue weighted by molar-refractivity contribution is 5.68. The van der Waals surface area contributed by atoms with Gasteiger partial charge in [0, 0.05) is 69.7 Å². The van der Waals surface area contributed by atoms with Crippen molar-refractivity contribution in [1.82, 2.24) is 9.80 Å². The first-order valence-electron chi connectivity index (χ1n) is 15.8. The molecular formula is C34H50N4O8. The Morgan fingerprint density at radius 2 is 1.13 bits per heavy atom. The molecule has 0 radical (unpaired) electrons. The van der Waals surface area contributed by atoms with Gasteiger partial charge in [-0.2, -0.15) is 0 Å². The summed E-state index contributed by atoms with van der Waals surface area (Å²) in [6.07, 6.45) is 2.60. The SMILES string of the molecule is Cc1cc(N)ccc1OC1CCN(C(=O)OC(C)(C)C)CC1.Cc1cc([N+](=O)[O-])ccc1OC1CCN(C(=O)OC(C)(C)C)CC1. The Labute approximate surface area is 272 Å². The maximum atomic E-state index is 12.0. The molecule has 2 aromatic rings. The lowest BCUT2D eigenvalue weighted by Gasteiger charge is -2.33. The predicted molar refractivity (Wildman–Crippen MR) is 176 cm³/mol. The van der Waals surface area contributed by atoms with Gasteiger partial charge in [-0.15, -0.1) is 0 Å². The lowest BCUT2D eigenvalue weighted by molar-refractivity contribution is -0.384. The van der Waals surface area contributed by atoms with E-state index in [9.17, 15) is 19.7 Å². The standard InChI is InChI=1S/C17H24N2O5.C17H26N2O3/c1-12-11-13(19(21)22)5-6-15(12)23-14-7-9-18(10-8-14)16(20)24-17(2,3)4;1-12-11-13(18)5-6-15(12)21-14-7-9-19(10-8-14)16(20)22-17(2,3)4/h5-6,11,14H,7-10H2,1-4H3;5-6,11,14H,7-10,18H2,1-4H3. The second-order valence-electron chi connectivity index (χ2n) is 13.8. The number of hydrogen-bond acceptors (Lipinski definition) is 9. The molecule has 2 amide bonds. The van der Waals surface area contributed by atoms with E-state index < -0.39 is 16.1 Å². The van der Waals surface area contributed by atoms with Gasteiger partial charge >= 0.3 is 12.2 Å². The number of nitro benzene ring substituents is 1. The van der Waals surface area contributed by atoms with Crippen LogP contribution in [0.2, 0.25) is 0 Å². The third-order valence-electron chi connectivity index (χ3n) is 7.34. The fourth-order valence-electron chi connectivity index (χ4n) is 5.01. The Bertz CT molecular complexity index is 1350. The summed E-state index contributed by atoms with van der Waals surface area (Å²) in [5.41, 5.74) is 7.36. The van der Waals surface area contributed by atoms with E-state index in [-0.39, 0.29) is 30.1 Å². The highest BCUT2D eigenvalue weighted by atomic mass is 16.6. The van der Waals surface area contributed by atoms with Crippen molar-refractivity contribution in [3.8, 4) is 11.5 Å². The number of ether oxygens (including phenoxy) is 4. The molecule has 0 bridgehead atoms. The van der Waals surface area contributed by atoms with E-state index in [4.69, 9.17) is 24.7 Å². The molecule has 0 saturated carbocycles. The normalized spacial score (nSPS) is 16.2. The summed E-state index contributed by atoms with van der Waals surface area (Å²) in [6.45, 7) is 17.4. The number of carbonyl (C=O) groups is 2.